The lowest BCUT2D eigenvalue weighted by Crippen LogP contribution is -2.44. The Morgan fingerprint density at radius 2 is 1.94 bits per heavy atom. The maximum Gasteiger partial charge on any atom is 0.347 e. The van der Waals surface area contributed by atoms with Crippen molar-refractivity contribution < 1.29 is 38.4 Å². The number of cyclic esters (lactones) is 1. The van der Waals surface area contributed by atoms with Gasteiger partial charge in [0.1, 0.15) is 23.8 Å². The van der Waals surface area contributed by atoms with E-state index in [4.69, 9.17) is 14.2 Å². The SMILES string of the molecule is CC[C@H](Oc1ccc(F)cc1)C(=O)OC1CC(O)C=C2C=CC(C)C(CC[C@@H]3C[C@@H](O)CC(=O)O3)C21. The third kappa shape index (κ3) is 6.34. The number of benzene rings is 1. The van der Waals surface area contributed by atoms with Crippen molar-refractivity contribution in [3.63, 3.8) is 0 Å². The molecule has 3 aliphatic rings. The van der Waals surface area contributed by atoms with Crippen LogP contribution in [-0.2, 0) is 19.1 Å². The Balaban J connectivity index is 1.47. The number of carbonyl (C=O) groups is 2. The summed E-state index contributed by atoms with van der Waals surface area (Å²) in [5.74, 6) is -0.754. The Hall–Kier alpha value is -2.71. The smallest absolute Gasteiger partial charge is 0.347 e. The van der Waals surface area contributed by atoms with Crippen LogP contribution in [0.5, 0.6) is 5.75 Å². The van der Waals surface area contributed by atoms with Crippen molar-refractivity contribution in [3.8, 4) is 5.75 Å². The molecular formula is C28H35FO7. The third-order valence-electron chi connectivity index (χ3n) is 7.42. The van der Waals surface area contributed by atoms with Crippen LogP contribution in [-0.4, -0.2) is 52.7 Å². The molecule has 5 unspecified atom stereocenters. The van der Waals surface area contributed by atoms with Crippen molar-refractivity contribution in [1.82, 2.24) is 0 Å². The molecule has 8 atom stereocenters. The molecule has 1 fully saturated rings. The highest BCUT2D eigenvalue weighted by Crippen LogP contribution is 2.44. The summed E-state index contributed by atoms with van der Waals surface area (Å²) < 4.78 is 30.4. The van der Waals surface area contributed by atoms with Gasteiger partial charge in [0.15, 0.2) is 6.10 Å². The summed E-state index contributed by atoms with van der Waals surface area (Å²) in [6, 6.07) is 5.47. The first-order valence-electron chi connectivity index (χ1n) is 12.8. The fourth-order valence-corrected chi connectivity index (χ4v) is 5.60. The molecule has 0 spiro atoms. The number of fused-ring (bicyclic) bond motifs is 1. The molecule has 4 rings (SSSR count). The number of ether oxygens (including phenoxy) is 3. The second-order valence-electron chi connectivity index (χ2n) is 10.1. The van der Waals surface area contributed by atoms with E-state index in [0.717, 1.165) is 5.57 Å². The van der Waals surface area contributed by atoms with Gasteiger partial charge in [0.05, 0.1) is 18.6 Å². The van der Waals surface area contributed by atoms with Crippen molar-refractivity contribution in [2.45, 2.75) is 82.9 Å². The van der Waals surface area contributed by atoms with Gasteiger partial charge in [0.25, 0.3) is 0 Å². The van der Waals surface area contributed by atoms with Gasteiger partial charge in [-0.1, -0.05) is 32.1 Å². The summed E-state index contributed by atoms with van der Waals surface area (Å²) in [5.41, 5.74) is 0.933. The minimum atomic E-state index is -0.861. The summed E-state index contributed by atoms with van der Waals surface area (Å²) in [4.78, 5) is 24.9. The van der Waals surface area contributed by atoms with Gasteiger partial charge in [-0.15, -0.1) is 0 Å². The van der Waals surface area contributed by atoms with E-state index >= 15 is 0 Å². The molecule has 1 aliphatic heterocycles. The monoisotopic (exact) mass is 502 g/mol. The minimum Gasteiger partial charge on any atom is -0.479 e. The summed E-state index contributed by atoms with van der Waals surface area (Å²) in [7, 11) is 0. The highest BCUT2D eigenvalue weighted by molar-refractivity contribution is 5.75. The zero-order valence-electron chi connectivity index (χ0n) is 20.7. The number of hydrogen-bond donors (Lipinski definition) is 2. The van der Waals surface area contributed by atoms with Crippen LogP contribution in [0.25, 0.3) is 0 Å². The average Bonchev–Trinajstić information content (AvgIpc) is 2.82. The minimum absolute atomic E-state index is 0.0308. The Kier molecular flexibility index (Phi) is 8.46. The number of halogens is 1. The quantitative estimate of drug-likeness (QED) is 0.520. The maximum absolute atomic E-state index is 13.2. The van der Waals surface area contributed by atoms with Crippen LogP contribution in [0.2, 0.25) is 0 Å². The molecular weight excluding hydrogens is 467 g/mol. The Bertz CT molecular complexity index is 988. The zero-order chi connectivity index (χ0) is 25.8. The predicted octanol–water partition coefficient (Wildman–Crippen LogP) is 3.87. The average molecular weight is 503 g/mol. The molecule has 196 valence electrons. The standard InChI is InChI=1S/C28H35FO7/c1-3-24(34-21-8-6-18(29)7-9-21)28(33)36-25-14-19(30)12-17-5-4-16(2)23(27(17)25)11-10-22-13-20(31)15-26(32)35-22/h4-9,12,16,19-20,22-25,27,30-31H,3,10-11,13-15H2,1-2H3/t16?,19?,20-,22-,23?,24+,25?,27?/m1/s1. The van der Waals surface area contributed by atoms with E-state index in [1.807, 2.05) is 19.1 Å². The number of aliphatic hydroxyl groups is 2. The van der Waals surface area contributed by atoms with E-state index in [9.17, 15) is 24.2 Å². The third-order valence-corrected chi connectivity index (χ3v) is 7.42. The van der Waals surface area contributed by atoms with E-state index in [1.165, 1.54) is 24.3 Å². The molecule has 7 nitrogen and oxygen atoms in total. The zero-order valence-corrected chi connectivity index (χ0v) is 20.7. The first-order chi connectivity index (χ1) is 17.2. The lowest BCUT2D eigenvalue weighted by molar-refractivity contribution is -0.165. The fourth-order valence-electron chi connectivity index (χ4n) is 5.60. The molecule has 1 saturated heterocycles. The highest BCUT2D eigenvalue weighted by atomic mass is 19.1. The fraction of sp³-hybridized carbons (Fsp3) is 0.571. The molecule has 1 aromatic rings. The molecule has 0 radical (unpaired) electrons. The van der Waals surface area contributed by atoms with Crippen molar-refractivity contribution in [3.05, 3.63) is 53.9 Å². The van der Waals surface area contributed by atoms with Crippen molar-refractivity contribution in [1.29, 1.82) is 0 Å². The van der Waals surface area contributed by atoms with Crippen LogP contribution in [0.3, 0.4) is 0 Å². The van der Waals surface area contributed by atoms with E-state index in [0.29, 0.717) is 31.4 Å². The molecule has 0 amide bonds. The number of hydrogen-bond acceptors (Lipinski definition) is 7. The second kappa shape index (κ2) is 11.6. The van der Waals surface area contributed by atoms with Crippen molar-refractivity contribution >= 4 is 11.9 Å². The molecule has 2 aliphatic carbocycles. The van der Waals surface area contributed by atoms with Gasteiger partial charge in [-0.05, 0) is 60.9 Å². The first-order valence-corrected chi connectivity index (χ1v) is 12.8. The molecule has 36 heavy (non-hydrogen) atoms. The Morgan fingerprint density at radius 1 is 1.19 bits per heavy atom. The molecule has 1 aromatic carbocycles. The van der Waals surface area contributed by atoms with Gasteiger partial charge in [-0.2, -0.15) is 0 Å². The topological polar surface area (TPSA) is 102 Å². The normalized spacial score (nSPS) is 32.6. The summed E-state index contributed by atoms with van der Waals surface area (Å²) in [6.45, 7) is 3.92. The molecule has 0 saturated carbocycles. The van der Waals surface area contributed by atoms with Crippen LogP contribution in [0.4, 0.5) is 4.39 Å². The van der Waals surface area contributed by atoms with Gasteiger partial charge in [-0.25, -0.2) is 9.18 Å². The number of allylic oxidation sites excluding steroid dienone is 2. The van der Waals surface area contributed by atoms with Crippen molar-refractivity contribution in [2.24, 2.45) is 17.8 Å². The van der Waals surface area contributed by atoms with Crippen LogP contribution in [0, 0.1) is 23.6 Å². The molecule has 2 N–H and O–H groups in total. The van der Waals surface area contributed by atoms with Gasteiger partial charge in [-0.3, -0.25) is 4.79 Å². The van der Waals surface area contributed by atoms with Crippen LogP contribution >= 0.6 is 0 Å². The van der Waals surface area contributed by atoms with E-state index in [2.05, 4.69) is 13.0 Å². The van der Waals surface area contributed by atoms with Gasteiger partial charge in [0, 0.05) is 18.8 Å². The van der Waals surface area contributed by atoms with Crippen molar-refractivity contribution in [2.75, 3.05) is 0 Å². The van der Waals surface area contributed by atoms with E-state index < -0.39 is 36.2 Å². The van der Waals surface area contributed by atoms with Gasteiger partial charge >= 0.3 is 11.9 Å². The number of rotatable bonds is 8. The van der Waals surface area contributed by atoms with E-state index in [-0.39, 0.29) is 42.7 Å². The van der Waals surface area contributed by atoms with Crippen LogP contribution in [0.1, 0.15) is 52.4 Å². The first kappa shape index (κ1) is 26.4. The number of aliphatic hydroxyl groups excluding tert-OH is 2. The molecule has 0 bridgehead atoms. The lowest BCUT2D eigenvalue weighted by atomic mass is 9.66. The number of carbonyl (C=O) groups excluding carboxylic acids is 2. The molecule has 8 heteroatoms. The summed E-state index contributed by atoms with van der Waals surface area (Å²) in [5, 5.41) is 20.4. The van der Waals surface area contributed by atoms with E-state index in [1.54, 1.807) is 0 Å². The largest absolute Gasteiger partial charge is 0.479 e. The molecule has 1 heterocycles. The summed E-state index contributed by atoms with van der Waals surface area (Å²) in [6.07, 6.45) is 5.16. The van der Waals surface area contributed by atoms with Crippen LogP contribution in [0.15, 0.2) is 48.1 Å². The Morgan fingerprint density at radius 3 is 2.64 bits per heavy atom. The second-order valence-corrected chi connectivity index (χ2v) is 10.1. The van der Waals surface area contributed by atoms with Crippen LogP contribution < -0.4 is 4.74 Å². The van der Waals surface area contributed by atoms with Gasteiger partial charge in [0.2, 0.25) is 0 Å². The molecule has 0 aromatic heterocycles. The highest BCUT2D eigenvalue weighted by Gasteiger charge is 2.43. The Labute approximate surface area is 210 Å². The summed E-state index contributed by atoms with van der Waals surface area (Å²) >= 11 is 0. The predicted molar refractivity (Wildman–Crippen MR) is 129 cm³/mol. The maximum atomic E-state index is 13.2. The lowest BCUT2D eigenvalue weighted by Gasteiger charge is -2.43. The van der Waals surface area contributed by atoms with Gasteiger partial charge < -0.3 is 24.4 Å². The number of esters is 2.